The summed E-state index contributed by atoms with van der Waals surface area (Å²) in [6.45, 7) is 5.01. The molecule has 1 fully saturated rings. The van der Waals surface area contributed by atoms with Crippen LogP contribution < -0.4 is 5.48 Å². The van der Waals surface area contributed by atoms with Gasteiger partial charge >= 0.3 is 0 Å². The predicted molar refractivity (Wildman–Crippen MR) is 67.2 cm³/mol. The van der Waals surface area contributed by atoms with Gasteiger partial charge in [0.25, 0.3) is 0 Å². The lowest BCUT2D eigenvalue weighted by molar-refractivity contribution is -0.144. The number of fused-ring (bicyclic) bond motifs is 1. The van der Waals surface area contributed by atoms with Gasteiger partial charge in [0.05, 0.1) is 0 Å². The van der Waals surface area contributed by atoms with Crippen molar-refractivity contribution in [2.45, 2.75) is 32.8 Å². The van der Waals surface area contributed by atoms with E-state index >= 15 is 0 Å². The Labute approximate surface area is 103 Å². The van der Waals surface area contributed by atoms with Gasteiger partial charge in [-0.25, -0.2) is 5.48 Å². The van der Waals surface area contributed by atoms with Gasteiger partial charge in [-0.15, -0.1) is 0 Å². The summed E-state index contributed by atoms with van der Waals surface area (Å²) in [5, 5.41) is 0. The molecule has 3 heteroatoms. The summed E-state index contributed by atoms with van der Waals surface area (Å²) in [7, 11) is 0. The second-order valence-electron chi connectivity index (χ2n) is 5.29. The van der Waals surface area contributed by atoms with Crippen molar-refractivity contribution in [2.75, 3.05) is 6.54 Å². The summed E-state index contributed by atoms with van der Waals surface area (Å²) in [6.07, 6.45) is 9.72. The quantitative estimate of drug-likeness (QED) is 0.760. The van der Waals surface area contributed by atoms with Crippen LogP contribution in [0.15, 0.2) is 24.3 Å². The Hall–Kier alpha value is -0.930. The van der Waals surface area contributed by atoms with Crippen LogP contribution in [0.3, 0.4) is 0 Å². The van der Waals surface area contributed by atoms with Gasteiger partial charge in [-0.05, 0) is 24.7 Å². The van der Waals surface area contributed by atoms with Crippen LogP contribution in [0.4, 0.5) is 0 Å². The Bertz CT molecular complexity index is 333. The van der Waals surface area contributed by atoms with Crippen LogP contribution in [0.5, 0.6) is 0 Å². The molecule has 2 rings (SSSR count). The Morgan fingerprint density at radius 1 is 1.35 bits per heavy atom. The number of nitrogens with one attached hydrogen (secondary N) is 1. The molecule has 1 N–H and O–H groups in total. The SMILES string of the molecule is CC(C)CNOC1CCC2C=CC=CC2C1=O. The third kappa shape index (κ3) is 3.05. The van der Waals surface area contributed by atoms with Crippen molar-refractivity contribution in [3.05, 3.63) is 24.3 Å². The van der Waals surface area contributed by atoms with E-state index < -0.39 is 0 Å². The van der Waals surface area contributed by atoms with Crippen LogP contribution in [0.2, 0.25) is 0 Å². The Kier molecular flexibility index (Phi) is 4.13. The van der Waals surface area contributed by atoms with E-state index in [1.54, 1.807) is 0 Å². The highest BCUT2D eigenvalue weighted by atomic mass is 16.7. The fourth-order valence-corrected chi connectivity index (χ4v) is 2.37. The highest BCUT2D eigenvalue weighted by Gasteiger charge is 2.36. The molecule has 1 saturated carbocycles. The highest BCUT2D eigenvalue weighted by Crippen LogP contribution is 2.32. The molecule has 3 atom stereocenters. The number of rotatable bonds is 4. The first-order valence-corrected chi connectivity index (χ1v) is 6.45. The zero-order chi connectivity index (χ0) is 12.3. The molecule has 3 nitrogen and oxygen atoms in total. The third-order valence-corrected chi connectivity index (χ3v) is 3.37. The fraction of sp³-hybridized carbons (Fsp3) is 0.643. The van der Waals surface area contributed by atoms with Crippen molar-refractivity contribution in [3.8, 4) is 0 Å². The van der Waals surface area contributed by atoms with E-state index in [4.69, 9.17) is 4.84 Å². The number of Topliss-reactive ketones (excluding diaryl/α,β-unsaturated/α-hetero) is 1. The molecule has 0 aromatic rings. The van der Waals surface area contributed by atoms with Gasteiger partial charge in [-0.3, -0.25) is 9.63 Å². The number of ketones is 1. The number of hydrogen-bond acceptors (Lipinski definition) is 3. The minimum absolute atomic E-state index is 0.0274. The van der Waals surface area contributed by atoms with Gasteiger partial charge in [0.2, 0.25) is 0 Å². The van der Waals surface area contributed by atoms with E-state index in [0.29, 0.717) is 11.8 Å². The average Bonchev–Trinajstić information content (AvgIpc) is 2.32. The molecule has 0 spiro atoms. The smallest absolute Gasteiger partial charge is 0.171 e. The van der Waals surface area contributed by atoms with E-state index in [-0.39, 0.29) is 17.8 Å². The number of carbonyl (C=O) groups is 1. The maximum absolute atomic E-state index is 12.2. The fourth-order valence-electron chi connectivity index (χ4n) is 2.37. The minimum atomic E-state index is -0.272. The third-order valence-electron chi connectivity index (χ3n) is 3.37. The summed E-state index contributed by atoms with van der Waals surface area (Å²) >= 11 is 0. The second-order valence-corrected chi connectivity index (χ2v) is 5.29. The zero-order valence-corrected chi connectivity index (χ0v) is 10.6. The molecule has 0 amide bonds. The molecule has 94 valence electrons. The standard InChI is InChI=1S/C14H21NO2/c1-10(2)9-15-17-13-8-7-11-5-3-4-6-12(11)14(13)16/h3-6,10-13,15H,7-9H2,1-2H3. The van der Waals surface area contributed by atoms with E-state index in [9.17, 15) is 4.79 Å². The summed E-state index contributed by atoms with van der Waals surface area (Å²) in [4.78, 5) is 17.7. The summed E-state index contributed by atoms with van der Waals surface area (Å²) in [5.74, 6) is 1.16. The maximum atomic E-state index is 12.2. The van der Waals surface area contributed by atoms with Gasteiger partial charge < -0.3 is 0 Å². The Morgan fingerprint density at radius 2 is 2.12 bits per heavy atom. The van der Waals surface area contributed by atoms with Gasteiger partial charge in [0.15, 0.2) is 5.78 Å². The van der Waals surface area contributed by atoms with Crippen LogP contribution in [-0.2, 0) is 9.63 Å². The molecule has 0 aliphatic heterocycles. The number of hydrogen-bond donors (Lipinski definition) is 1. The van der Waals surface area contributed by atoms with Crippen LogP contribution in [0.1, 0.15) is 26.7 Å². The number of hydroxylamine groups is 1. The van der Waals surface area contributed by atoms with Crippen molar-refractivity contribution < 1.29 is 9.63 Å². The van der Waals surface area contributed by atoms with Crippen molar-refractivity contribution in [1.82, 2.24) is 5.48 Å². The molecular formula is C14H21NO2. The number of allylic oxidation sites excluding steroid dienone is 4. The van der Waals surface area contributed by atoms with Crippen LogP contribution in [-0.4, -0.2) is 18.4 Å². The molecule has 2 aliphatic rings. The van der Waals surface area contributed by atoms with Crippen LogP contribution >= 0.6 is 0 Å². The van der Waals surface area contributed by atoms with E-state index in [1.165, 1.54) is 0 Å². The first-order valence-electron chi connectivity index (χ1n) is 6.45. The molecule has 0 aromatic heterocycles. The van der Waals surface area contributed by atoms with E-state index in [1.807, 2.05) is 18.2 Å². The second kappa shape index (κ2) is 5.61. The molecule has 0 heterocycles. The molecular weight excluding hydrogens is 214 g/mol. The highest BCUT2D eigenvalue weighted by molar-refractivity contribution is 5.88. The first-order chi connectivity index (χ1) is 8.18. The normalized spacial score (nSPS) is 31.9. The minimum Gasteiger partial charge on any atom is -0.296 e. The summed E-state index contributed by atoms with van der Waals surface area (Å²) in [5.41, 5.74) is 2.92. The first kappa shape index (κ1) is 12.5. The van der Waals surface area contributed by atoms with Gasteiger partial charge in [0, 0.05) is 12.5 Å². The topological polar surface area (TPSA) is 38.3 Å². The van der Waals surface area contributed by atoms with Gasteiger partial charge in [-0.2, -0.15) is 0 Å². The lowest BCUT2D eigenvalue weighted by atomic mass is 9.75. The summed E-state index contributed by atoms with van der Waals surface area (Å²) < 4.78 is 0. The molecule has 0 saturated heterocycles. The summed E-state index contributed by atoms with van der Waals surface area (Å²) in [6, 6.07) is 0. The Balaban J connectivity index is 1.87. The monoisotopic (exact) mass is 235 g/mol. The van der Waals surface area contributed by atoms with Gasteiger partial charge in [0.1, 0.15) is 6.10 Å². The lowest BCUT2D eigenvalue weighted by Crippen LogP contribution is -2.42. The largest absolute Gasteiger partial charge is 0.296 e. The molecule has 0 aromatic carbocycles. The molecule has 17 heavy (non-hydrogen) atoms. The van der Waals surface area contributed by atoms with Crippen molar-refractivity contribution >= 4 is 5.78 Å². The lowest BCUT2D eigenvalue weighted by Gasteiger charge is -2.32. The van der Waals surface area contributed by atoms with Crippen molar-refractivity contribution in [3.63, 3.8) is 0 Å². The predicted octanol–water partition coefficient (Wildman–Crippen LogP) is 2.25. The Morgan fingerprint density at radius 3 is 2.88 bits per heavy atom. The van der Waals surface area contributed by atoms with Crippen molar-refractivity contribution in [1.29, 1.82) is 0 Å². The van der Waals surface area contributed by atoms with E-state index in [2.05, 4.69) is 25.4 Å². The molecule has 2 aliphatic carbocycles. The molecule has 3 unspecified atom stereocenters. The number of carbonyl (C=O) groups excluding carboxylic acids is 1. The maximum Gasteiger partial charge on any atom is 0.171 e. The van der Waals surface area contributed by atoms with E-state index in [0.717, 1.165) is 19.4 Å². The van der Waals surface area contributed by atoms with Crippen molar-refractivity contribution in [2.24, 2.45) is 17.8 Å². The zero-order valence-electron chi connectivity index (χ0n) is 10.6. The van der Waals surface area contributed by atoms with Crippen LogP contribution in [0, 0.1) is 17.8 Å². The van der Waals surface area contributed by atoms with Crippen LogP contribution in [0.25, 0.3) is 0 Å². The average molecular weight is 235 g/mol. The molecule has 0 bridgehead atoms. The molecule has 0 radical (unpaired) electrons. The van der Waals surface area contributed by atoms with Gasteiger partial charge in [-0.1, -0.05) is 38.2 Å².